The highest BCUT2D eigenvalue weighted by atomic mass is 127. The minimum Gasteiger partial charge on any atom is -0.496 e. The van der Waals surface area contributed by atoms with Crippen LogP contribution in [0.25, 0.3) is 0 Å². The fourth-order valence-corrected chi connectivity index (χ4v) is 1.49. The van der Waals surface area contributed by atoms with Gasteiger partial charge in [0.15, 0.2) is 5.96 Å². The van der Waals surface area contributed by atoms with E-state index in [0.717, 1.165) is 24.3 Å². The lowest BCUT2D eigenvalue weighted by molar-refractivity contribution is 0.410. The quantitative estimate of drug-likeness (QED) is 0.467. The molecule has 4 nitrogen and oxygen atoms in total. The predicted molar refractivity (Wildman–Crippen MR) is 87.0 cm³/mol. The lowest BCUT2D eigenvalue weighted by atomic mass is 10.2. The Kier molecular flexibility index (Phi) is 8.91. The van der Waals surface area contributed by atoms with Gasteiger partial charge in [-0.05, 0) is 18.6 Å². The van der Waals surface area contributed by atoms with Gasteiger partial charge in [0.1, 0.15) is 5.75 Å². The summed E-state index contributed by atoms with van der Waals surface area (Å²) in [7, 11) is 1.61. The molecule has 0 aliphatic carbocycles. The number of guanidine groups is 1. The number of methoxy groups -OCH3 is 1. The zero-order chi connectivity index (χ0) is 12.7. The standard InChI is InChI=1S/C12H18ClN3O.HI/c1-3-6-15-12(14)16-8-9-4-5-10(13)7-11(9)17-2;/h4-5,7H,3,6,8H2,1-2H3,(H3,14,15,16);1H. The van der Waals surface area contributed by atoms with Crippen molar-refractivity contribution >= 4 is 41.5 Å². The van der Waals surface area contributed by atoms with E-state index in [1.807, 2.05) is 12.1 Å². The van der Waals surface area contributed by atoms with Crippen LogP contribution in [0.3, 0.4) is 0 Å². The van der Waals surface area contributed by atoms with E-state index >= 15 is 0 Å². The van der Waals surface area contributed by atoms with Gasteiger partial charge in [0, 0.05) is 17.1 Å². The molecule has 0 saturated heterocycles. The van der Waals surface area contributed by atoms with Crippen molar-refractivity contribution in [3.63, 3.8) is 0 Å². The van der Waals surface area contributed by atoms with Crippen LogP contribution in [0.4, 0.5) is 0 Å². The second-order valence-corrected chi connectivity index (χ2v) is 4.02. The Bertz CT molecular complexity index is 399. The van der Waals surface area contributed by atoms with Crippen LogP contribution < -0.4 is 15.8 Å². The van der Waals surface area contributed by atoms with Crippen LogP contribution in [0, 0.1) is 0 Å². The highest BCUT2D eigenvalue weighted by molar-refractivity contribution is 14.0. The first-order chi connectivity index (χ1) is 8.17. The van der Waals surface area contributed by atoms with Gasteiger partial charge in [-0.3, -0.25) is 0 Å². The molecule has 0 spiro atoms. The summed E-state index contributed by atoms with van der Waals surface area (Å²) in [6, 6.07) is 5.46. The topological polar surface area (TPSA) is 59.6 Å². The van der Waals surface area contributed by atoms with Crippen molar-refractivity contribution in [2.24, 2.45) is 10.7 Å². The summed E-state index contributed by atoms with van der Waals surface area (Å²) < 4.78 is 5.22. The zero-order valence-electron chi connectivity index (χ0n) is 10.6. The maximum atomic E-state index is 5.87. The Morgan fingerprint density at radius 2 is 2.22 bits per heavy atom. The summed E-state index contributed by atoms with van der Waals surface area (Å²) in [4.78, 5) is 4.23. The number of halogens is 2. The molecular weight excluding hydrogens is 365 g/mol. The van der Waals surface area contributed by atoms with Gasteiger partial charge in [0.05, 0.1) is 13.7 Å². The fourth-order valence-electron chi connectivity index (χ4n) is 1.33. The summed E-state index contributed by atoms with van der Waals surface area (Å²) in [5.41, 5.74) is 6.66. The smallest absolute Gasteiger partial charge is 0.188 e. The van der Waals surface area contributed by atoms with Crippen molar-refractivity contribution in [3.05, 3.63) is 28.8 Å². The number of nitrogens with zero attached hydrogens (tertiary/aromatic N) is 1. The molecule has 18 heavy (non-hydrogen) atoms. The molecule has 0 unspecified atom stereocenters. The molecule has 0 atom stereocenters. The average Bonchev–Trinajstić information content (AvgIpc) is 2.34. The van der Waals surface area contributed by atoms with Crippen LogP contribution in [0.1, 0.15) is 18.9 Å². The van der Waals surface area contributed by atoms with Gasteiger partial charge in [0.2, 0.25) is 0 Å². The van der Waals surface area contributed by atoms with Crippen molar-refractivity contribution in [1.82, 2.24) is 5.32 Å². The van der Waals surface area contributed by atoms with Gasteiger partial charge in [-0.25, -0.2) is 4.99 Å². The van der Waals surface area contributed by atoms with E-state index in [9.17, 15) is 0 Å². The van der Waals surface area contributed by atoms with E-state index in [-0.39, 0.29) is 24.0 Å². The van der Waals surface area contributed by atoms with Crippen molar-refractivity contribution < 1.29 is 4.74 Å². The molecule has 0 aromatic heterocycles. The molecule has 1 rings (SSSR count). The van der Waals surface area contributed by atoms with Gasteiger partial charge >= 0.3 is 0 Å². The zero-order valence-corrected chi connectivity index (χ0v) is 13.7. The summed E-state index contributed by atoms with van der Waals surface area (Å²) in [6.07, 6.45) is 1.01. The number of nitrogens with two attached hydrogens (primary N) is 1. The molecule has 0 radical (unpaired) electrons. The monoisotopic (exact) mass is 383 g/mol. The third kappa shape index (κ3) is 5.77. The molecule has 0 aliphatic rings. The normalized spacial score (nSPS) is 10.7. The SMILES string of the molecule is CCCNC(N)=NCc1ccc(Cl)cc1OC.I. The van der Waals surface area contributed by atoms with E-state index in [1.54, 1.807) is 13.2 Å². The summed E-state index contributed by atoms with van der Waals surface area (Å²) >= 11 is 5.87. The number of nitrogens with one attached hydrogen (secondary N) is 1. The van der Waals surface area contributed by atoms with Crippen molar-refractivity contribution in [3.8, 4) is 5.75 Å². The Morgan fingerprint density at radius 1 is 1.50 bits per heavy atom. The van der Waals surface area contributed by atoms with Crippen LogP contribution in [0.15, 0.2) is 23.2 Å². The summed E-state index contributed by atoms with van der Waals surface area (Å²) in [5, 5.41) is 3.66. The molecule has 102 valence electrons. The average molecular weight is 384 g/mol. The van der Waals surface area contributed by atoms with Crippen LogP contribution >= 0.6 is 35.6 Å². The second-order valence-electron chi connectivity index (χ2n) is 3.58. The highest BCUT2D eigenvalue weighted by Crippen LogP contribution is 2.23. The third-order valence-electron chi connectivity index (χ3n) is 2.22. The van der Waals surface area contributed by atoms with Crippen molar-refractivity contribution in [2.75, 3.05) is 13.7 Å². The molecule has 1 aromatic rings. The largest absolute Gasteiger partial charge is 0.496 e. The maximum absolute atomic E-state index is 5.87. The molecule has 0 aliphatic heterocycles. The van der Waals surface area contributed by atoms with Crippen molar-refractivity contribution in [2.45, 2.75) is 19.9 Å². The lowest BCUT2D eigenvalue weighted by Crippen LogP contribution is -2.32. The van der Waals surface area contributed by atoms with Gasteiger partial charge in [-0.15, -0.1) is 24.0 Å². The fraction of sp³-hybridized carbons (Fsp3) is 0.417. The number of ether oxygens (including phenoxy) is 1. The molecule has 3 N–H and O–H groups in total. The number of hydrogen-bond acceptors (Lipinski definition) is 2. The van der Waals surface area contributed by atoms with Gasteiger partial charge < -0.3 is 15.8 Å². The Hall–Kier alpha value is -0.690. The molecule has 0 heterocycles. The van der Waals surface area contributed by atoms with Crippen LogP contribution in [0.5, 0.6) is 5.75 Å². The summed E-state index contributed by atoms with van der Waals surface area (Å²) in [6.45, 7) is 3.37. The van der Waals surface area contributed by atoms with Crippen LogP contribution in [-0.4, -0.2) is 19.6 Å². The van der Waals surface area contributed by atoms with Gasteiger partial charge in [-0.1, -0.05) is 24.6 Å². The predicted octanol–water partition coefficient (Wildman–Crippen LogP) is 2.78. The molecule has 0 saturated carbocycles. The van der Waals surface area contributed by atoms with E-state index in [1.165, 1.54) is 0 Å². The van der Waals surface area contributed by atoms with E-state index < -0.39 is 0 Å². The van der Waals surface area contributed by atoms with Crippen LogP contribution in [-0.2, 0) is 6.54 Å². The highest BCUT2D eigenvalue weighted by Gasteiger charge is 2.03. The third-order valence-corrected chi connectivity index (χ3v) is 2.46. The molecule has 0 fully saturated rings. The molecule has 6 heteroatoms. The first kappa shape index (κ1) is 17.3. The molecule has 0 amide bonds. The lowest BCUT2D eigenvalue weighted by Gasteiger charge is -2.08. The van der Waals surface area contributed by atoms with Gasteiger partial charge in [-0.2, -0.15) is 0 Å². The first-order valence-corrected chi connectivity index (χ1v) is 5.91. The number of rotatable bonds is 5. The Morgan fingerprint density at radius 3 is 2.83 bits per heavy atom. The minimum atomic E-state index is 0. The Balaban J connectivity index is 0.00000289. The minimum absolute atomic E-state index is 0. The molecular formula is C12H19ClIN3O. The van der Waals surface area contributed by atoms with E-state index in [4.69, 9.17) is 22.1 Å². The molecule has 0 bridgehead atoms. The van der Waals surface area contributed by atoms with Crippen LogP contribution in [0.2, 0.25) is 5.02 Å². The van der Waals surface area contributed by atoms with E-state index in [0.29, 0.717) is 17.5 Å². The number of aliphatic imine (C=N–C) groups is 1. The number of benzene rings is 1. The Labute approximate surface area is 130 Å². The second kappa shape index (κ2) is 9.27. The van der Waals surface area contributed by atoms with E-state index in [2.05, 4.69) is 17.2 Å². The number of hydrogen-bond donors (Lipinski definition) is 2. The van der Waals surface area contributed by atoms with Crippen molar-refractivity contribution in [1.29, 1.82) is 0 Å². The maximum Gasteiger partial charge on any atom is 0.188 e. The summed E-state index contributed by atoms with van der Waals surface area (Å²) in [5.74, 6) is 1.17. The first-order valence-electron chi connectivity index (χ1n) is 5.53. The van der Waals surface area contributed by atoms with Gasteiger partial charge in [0.25, 0.3) is 0 Å². The molecule has 1 aromatic carbocycles.